The summed E-state index contributed by atoms with van der Waals surface area (Å²) in [6, 6.07) is 9.11. The number of esters is 1. The molecule has 0 saturated heterocycles. The topological polar surface area (TPSA) is 72.8 Å². The molecule has 6 heteroatoms. The van der Waals surface area contributed by atoms with Crippen molar-refractivity contribution in [3.05, 3.63) is 35.9 Å². The number of carbonyl (C=O) groups excluding carboxylic acids is 1. The first kappa shape index (κ1) is 17.7. The van der Waals surface area contributed by atoms with Crippen molar-refractivity contribution in [2.45, 2.75) is 33.3 Å². The van der Waals surface area contributed by atoms with Crippen molar-refractivity contribution in [3.63, 3.8) is 0 Å². The van der Waals surface area contributed by atoms with E-state index in [0.717, 1.165) is 5.56 Å². The molecule has 1 atom stereocenters. The number of benzene rings is 1. The molecule has 0 aliphatic carbocycles. The molecule has 1 rings (SSSR count). The zero-order valence-corrected chi connectivity index (χ0v) is 12.1. The molecule has 19 heavy (non-hydrogen) atoms. The van der Waals surface area contributed by atoms with Gasteiger partial charge in [0.1, 0.15) is 6.61 Å². The van der Waals surface area contributed by atoms with E-state index in [1.54, 1.807) is 12.1 Å². The number of rotatable bonds is 6. The van der Waals surface area contributed by atoms with Gasteiger partial charge in [0.05, 0.1) is 0 Å². The Bertz CT molecular complexity index is 365. The highest BCUT2D eigenvalue weighted by atomic mass is 31.1. The molecule has 0 aliphatic heterocycles. The summed E-state index contributed by atoms with van der Waals surface area (Å²) in [5.41, 5.74) is 0.847. The Balaban J connectivity index is 0.000000711. The molecule has 1 aromatic rings. The minimum Gasteiger partial charge on any atom is -0.459 e. The van der Waals surface area contributed by atoms with E-state index in [9.17, 15) is 9.36 Å². The molecule has 106 valence electrons. The number of carbonyl (C=O) groups is 1. The average Bonchev–Trinajstić information content (AvgIpc) is 2.44. The first-order chi connectivity index (χ1) is 9.10. The fraction of sp³-hybridized carbons (Fsp3) is 0.462. The molecule has 0 amide bonds. The summed E-state index contributed by atoms with van der Waals surface area (Å²) >= 11 is 0. The van der Waals surface area contributed by atoms with Crippen LogP contribution in [0.5, 0.6) is 0 Å². The van der Waals surface area contributed by atoms with Crippen LogP contribution in [0.25, 0.3) is 0 Å². The molecule has 0 radical (unpaired) electrons. The Kier molecular flexibility index (Phi) is 11.0. The summed E-state index contributed by atoms with van der Waals surface area (Å²) < 4.78 is 19.1. The summed E-state index contributed by atoms with van der Waals surface area (Å²) in [6.07, 6.45) is 2.64. The van der Waals surface area contributed by atoms with Crippen LogP contribution in [-0.2, 0) is 25.2 Å². The highest BCUT2D eigenvalue weighted by Crippen LogP contribution is 2.13. The van der Waals surface area contributed by atoms with E-state index in [0.29, 0.717) is 0 Å². The van der Waals surface area contributed by atoms with Gasteiger partial charge in [-0.1, -0.05) is 57.0 Å². The van der Waals surface area contributed by atoms with Crippen LogP contribution in [0.1, 0.15) is 32.3 Å². The van der Waals surface area contributed by atoms with E-state index in [1.165, 1.54) is 12.8 Å². The van der Waals surface area contributed by atoms with Crippen LogP contribution in [0.4, 0.5) is 0 Å². The van der Waals surface area contributed by atoms with Gasteiger partial charge in [-0.3, -0.25) is 0 Å². The molecular weight excluding hydrogens is 267 g/mol. The lowest BCUT2D eigenvalue weighted by atomic mass is 10.2. The lowest BCUT2D eigenvalue weighted by molar-refractivity contribution is -0.147. The van der Waals surface area contributed by atoms with Crippen molar-refractivity contribution in [2.75, 3.05) is 6.61 Å². The largest absolute Gasteiger partial charge is 0.695 e. The van der Waals surface area contributed by atoms with Gasteiger partial charge >= 0.3 is 14.2 Å². The Morgan fingerprint density at radius 1 is 1.21 bits per heavy atom. The van der Waals surface area contributed by atoms with Gasteiger partial charge in [-0.05, 0) is 5.56 Å². The second kappa shape index (κ2) is 11.8. The average molecular weight is 287 g/mol. The maximum Gasteiger partial charge on any atom is 0.695 e. The van der Waals surface area contributed by atoms with Crippen LogP contribution in [0.15, 0.2) is 30.3 Å². The minimum atomic E-state index is -2.75. The number of hydrogen-bond donors (Lipinski definition) is 1. The third kappa shape index (κ3) is 11.5. The number of hydrogen-bond acceptors (Lipinski definition) is 4. The fourth-order valence-electron chi connectivity index (χ4n) is 0.888. The van der Waals surface area contributed by atoms with Crippen LogP contribution in [0.3, 0.4) is 0 Å². The van der Waals surface area contributed by atoms with Gasteiger partial charge in [-0.15, -0.1) is 9.42 Å². The van der Waals surface area contributed by atoms with Crippen molar-refractivity contribution in [3.8, 4) is 0 Å². The predicted molar refractivity (Wildman–Crippen MR) is 72.6 cm³/mol. The Morgan fingerprint density at radius 2 is 1.79 bits per heavy atom. The fourth-order valence-corrected chi connectivity index (χ4v) is 1.10. The van der Waals surface area contributed by atoms with Gasteiger partial charge in [-0.2, -0.15) is 0 Å². The highest BCUT2D eigenvalue weighted by Gasteiger charge is 2.16. The molecule has 0 aliphatic rings. The van der Waals surface area contributed by atoms with Crippen molar-refractivity contribution < 1.29 is 23.5 Å². The molecular formula is C13H20O5P+. The van der Waals surface area contributed by atoms with Gasteiger partial charge < -0.3 is 4.74 Å². The molecule has 0 heterocycles. The maximum atomic E-state index is 10.9. The van der Waals surface area contributed by atoms with E-state index in [-0.39, 0.29) is 6.61 Å². The van der Waals surface area contributed by atoms with Crippen LogP contribution in [0.2, 0.25) is 0 Å². The zero-order chi connectivity index (χ0) is 14.5. The molecule has 0 aromatic heterocycles. The third-order valence-corrected chi connectivity index (χ3v) is 2.39. The number of ether oxygens (including phenoxy) is 1. The lowest BCUT2D eigenvalue weighted by Crippen LogP contribution is -2.10. The van der Waals surface area contributed by atoms with Crippen LogP contribution in [0, 0.1) is 0 Å². The van der Waals surface area contributed by atoms with Gasteiger partial charge in [-0.25, -0.2) is 4.79 Å². The monoisotopic (exact) mass is 287 g/mol. The smallest absolute Gasteiger partial charge is 0.459 e. The molecule has 0 saturated carbocycles. The van der Waals surface area contributed by atoms with Gasteiger partial charge in [0, 0.05) is 4.57 Å². The quantitative estimate of drug-likeness (QED) is 0.642. The number of unbranched alkanes of at least 4 members (excludes halogenated alkanes) is 1. The molecule has 0 bridgehead atoms. The first-order valence-electron chi connectivity index (χ1n) is 6.08. The maximum absolute atomic E-state index is 10.9. The standard InChI is InChI=1S/C9H9O5P.C4H10/c10-9(7-14-15(11)12)13-6-8-4-2-1-3-5-8;1-3-4-2/h1-5H,6-7H2;3-4H2,1-2H3/p+1. The highest BCUT2D eigenvalue weighted by molar-refractivity contribution is 7.32. The Labute approximate surface area is 114 Å². The lowest BCUT2D eigenvalue weighted by Gasteiger charge is -2.01. The van der Waals surface area contributed by atoms with Crippen molar-refractivity contribution in [2.24, 2.45) is 0 Å². The third-order valence-electron chi connectivity index (χ3n) is 2.04. The van der Waals surface area contributed by atoms with E-state index in [2.05, 4.69) is 18.4 Å². The first-order valence-corrected chi connectivity index (χ1v) is 7.21. The molecule has 1 aromatic carbocycles. The van der Waals surface area contributed by atoms with E-state index < -0.39 is 20.8 Å². The second-order valence-electron chi connectivity index (χ2n) is 3.66. The Hall–Kier alpha value is -1.29. The SMILES string of the molecule is CCCC.O=C(CO[P+](=O)O)OCc1ccccc1. The molecule has 5 nitrogen and oxygen atoms in total. The van der Waals surface area contributed by atoms with E-state index >= 15 is 0 Å². The van der Waals surface area contributed by atoms with E-state index in [1.807, 2.05) is 18.2 Å². The van der Waals surface area contributed by atoms with Crippen molar-refractivity contribution in [1.29, 1.82) is 0 Å². The summed E-state index contributed by atoms with van der Waals surface area (Å²) in [5.74, 6) is -0.670. The van der Waals surface area contributed by atoms with Crippen LogP contribution < -0.4 is 0 Å². The second-order valence-corrected chi connectivity index (χ2v) is 4.39. The van der Waals surface area contributed by atoms with Crippen molar-refractivity contribution in [1.82, 2.24) is 0 Å². The zero-order valence-electron chi connectivity index (χ0n) is 11.2. The summed E-state index contributed by atoms with van der Waals surface area (Å²) in [7, 11) is -2.75. The molecule has 1 N–H and O–H groups in total. The molecule has 1 unspecified atom stereocenters. The van der Waals surface area contributed by atoms with Crippen molar-refractivity contribution >= 4 is 14.2 Å². The minimum absolute atomic E-state index is 0.130. The summed E-state index contributed by atoms with van der Waals surface area (Å²) in [6.45, 7) is 3.98. The Morgan fingerprint density at radius 3 is 2.26 bits per heavy atom. The van der Waals surface area contributed by atoms with Gasteiger partial charge in [0.2, 0.25) is 6.61 Å². The normalized spacial score (nSPS) is 10.2. The van der Waals surface area contributed by atoms with E-state index in [4.69, 9.17) is 9.63 Å². The summed E-state index contributed by atoms with van der Waals surface area (Å²) in [5, 5.41) is 0. The predicted octanol–water partition coefficient (Wildman–Crippen LogP) is 3.20. The van der Waals surface area contributed by atoms with Gasteiger partial charge in [0.15, 0.2) is 0 Å². The molecule has 0 fully saturated rings. The van der Waals surface area contributed by atoms with Crippen LogP contribution >= 0.6 is 8.25 Å². The van der Waals surface area contributed by atoms with Crippen LogP contribution in [-0.4, -0.2) is 17.5 Å². The summed E-state index contributed by atoms with van der Waals surface area (Å²) in [4.78, 5) is 19.2. The van der Waals surface area contributed by atoms with Gasteiger partial charge in [0.25, 0.3) is 0 Å². The molecule has 0 spiro atoms.